The summed E-state index contributed by atoms with van der Waals surface area (Å²) in [7, 11) is 0. The summed E-state index contributed by atoms with van der Waals surface area (Å²) in [6.45, 7) is 16.8. The van der Waals surface area contributed by atoms with Gasteiger partial charge in [0.25, 0.3) is 0 Å². The minimum Gasteiger partial charge on any atom is -0.312 e. The van der Waals surface area contributed by atoms with E-state index >= 15 is 0 Å². The molecule has 0 radical (unpaired) electrons. The predicted octanol–water partition coefficient (Wildman–Crippen LogP) is 12.7. The molecular formula is C44H45NS. The van der Waals surface area contributed by atoms with Gasteiger partial charge in [-0.3, -0.25) is 0 Å². The molecule has 1 aromatic heterocycles. The SMILES string of the molecule is C/C=C\C1=C(CC)C(C)(C)C2C1=CC=C(N(c1ccccc1)c1cccc3c1sc1c4c(ccc13)C(C)(C)C1C=CC=C[C@H]41)[C@H]2C. The molecule has 0 amide bonds. The van der Waals surface area contributed by atoms with Crippen LogP contribution in [0.2, 0.25) is 0 Å². The number of allylic oxidation sites excluding steroid dienone is 12. The Morgan fingerprint density at radius 2 is 1.59 bits per heavy atom. The van der Waals surface area contributed by atoms with Crippen LogP contribution in [0.5, 0.6) is 0 Å². The number of fused-ring (bicyclic) bond motifs is 8. The Kier molecular flexibility index (Phi) is 6.78. The van der Waals surface area contributed by atoms with Crippen LogP contribution in [-0.2, 0) is 5.41 Å². The number of nitrogens with zero attached hydrogens (tertiary/aromatic N) is 1. The highest BCUT2D eigenvalue weighted by Crippen LogP contribution is 2.60. The Labute approximate surface area is 279 Å². The zero-order valence-electron chi connectivity index (χ0n) is 28.3. The summed E-state index contributed by atoms with van der Waals surface area (Å²) in [5.41, 5.74) is 11.7. The number of thiophene rings is 1. The van der Waals surface area contributed by atoms with Crippen LogP contribution in [0.3, 0.4) is 0 Å². The molecule has 2 heteroatoms. The maximum Gasteiger partial charge on any atom is 0.0637 e. The van der Waals surface area contributed by atoms with Crippen molar-refractivity contribution in [3.05, 3.63) is 143 Å². The van der Waals surface area contributed by atoms with Crippen molar-refractivity contribution in [3.63, 3.8) is 0 Å². The van der Waals surface area contributed by atoms with Gasteiger partial charge in [-0.25, -0.2) is 0 Å². The van der Waals surface area contributed by atoms with Gasteiger partial charge in [0.15, 0.2) is 0 Å². The quantitative estimate of drug-likeness (QED) is 0.215. The topological polar surface area (TPSA) is 3.24 Å². The summed E-state index contributed by atoms with van der Waals surface area (Å²) in [6, 6.07) is 22.9. The van der Waals surface area contributed by atoms with Crippen LogP contribution in [0.25, 0.3) is 20.2 Å². The van der Waals surface area contributed by atoms with Gasteiger partial charge in [0.2, 0.25) is 0 Å². The second-order valence-corrected chi connectivity index (χ2v) is 15.8. The third-order valence-corrected chi connectivity index (χ3v) is 13.1. The van der Waals surface area contributed by atoms with Gasteiger partial charge in [-0.05, 0) is 76.6 Å². The molecule has 4 aliphatic rings. The Hall–Kier alpha value is -3.88. The Balaban J connectivity index is 1.35. The van der Waals surface area contributed by atoms with Gasteiger partial charge >= 0.3 is 0 Å². The summed E-state index contributed by atoms with van der Waals surface area (Å²) in [4.78, 5) is 2.58. The average Bonchev–Trinajstić information content (AvgIpc) is 3.63. The van der Waals surface area contributed by atoms with E-state index in [0.29, 0.717) is 23.7 Å². The number of hydrogen-bond donors (Lipinski definition) is 0. The molecule has 2 unspecified atom stereocenters. The van der Waals surface area contributed by atoms with Crippen molar-refractivity contribution < 1.29 is 0 Å². The van der Waals surface area contributed by atoms with Gasteiger partial charge in [-0.1, -0.05) is 132 Å². The predicted molar refractivity (Wildman–Crippen MR) is 200 cm³/mol. The molecule has 1 heterocycles. The highest BCUT2D eigenvalue weighted by atomic mass is 32.1. The summed E-state index contributed by atoms with van der Waals surface area (Å²) in [5.74, 6) is 1.70. The first-order chi connectivity index (χ1) is 22.2. The Morgan fingerprint density at radius 1 is 0.826 bits per heavy atom. The Morgan fingerprint density at radius 3 is 2.35 bits per heavy atom. The molecule has 0 aliphatic heterocycles. The zero-order valence-corrected chi connectivity index (χ0v) is 29.1. The molecule has 232 valence electrons. The zero-order chi connectivity index (χ0) is 32.0. The van der Waals surface area contributed by atoms with Gasteiger partial charge in [0.1, 0.15) is 0 Å². The van der Waals surface area contributed by atoms with Crippen molar-refractivity contribution in [1.29, 1.82) is 0 Å². The van der Waals surface area contributed by atoms with E-state index in [1.165, 1.54) is 54.0 Å². The van der Waals surface area contributed by atoms with Crippen molar-refractivity contribution in [2.75, 3.05) is 4.90 Å². The standard InChI is InChI=1S/C44H45NS/c1-8-16-29-30-24-26-37(27(3)40(30)44(6,7)34(29)9-2)45(28-17-11-10-12-18-28)38-22-15-20-31-32-23-25-36-39(42(32)46-41(31)38)33-19-13-14-21-35(33)43(36,4)5/h8,10-27,33,35,40H,9H2,1-7H3/b16-8-/t27-,33+,35?,40?/m1/s1. The van der Waals surface area contributed by atoms with E-state index in [1.54, 1.807) is 11.1 Å². The van der Waals surface area contributed by atoms with E-state index in [1.807, 2.05) is 11.3 Å². The molecule has 0 spiro atoms. The molecule has 0 bridgehead atoms. The molecule has 4 aromatic rings. The maximum atomic E-state index is 2.58. The van der Waals surface area contributed by atoms with Crippen LogP contribution in [0, 0.1) is 23.2 Å². The molecule has 4 aliphatic carbocycles. The lowest BCUT2D eigenvalue weighted by Gasteiger charge is -2.42. The minimum atomic E-state index is 0.0895. The Bertz CT molecular complexity index is 2070. The first-order valence-electron chi connectivity index (χ1n) is 17.2. The van der Waals surface area contributed by atoms with Crippen molar-refractivity contribution in [3.8, 4) is 0 Å². The second-order valence-electron chi connectivity index (χ2n) is 14.8. The largest absolute Gasteiger partial charge is 0.312 e. The summed E-state index contributed by atoms with van der Waals surface area (Å²) in [6.07, 6.45) is 19.9. The minimum absolute atomic E-state index is 0.0895. The van der Waals surface area contributed by atoms with Crippen LogP contribution in [0.15, 0.2) is 132 Å². The first kappa shape index (κ1) is 29.5. The van der Waals surface area contributed by atoms with Gasteiger partial charge in [-0.15, -0.1) is 11.3 Å². The van der Waals surface area contributed by atoms with Crippen molar-refractivity contribution in [1.82, 2.24) is 0 Å². The van der Waals surface area contributed by atoms with Crippen molar-refractivity contribution in [2.45, 2.75) is 66.2 Å². The monoisotopic (exact) mass is 619 g/mol. The van der Waals surface area contributed by atoms with E-state index < -0.39 is 0 Å². The van der Waals surface area contributed by atoms with E-state index in [-0.39, 0.29) is 10.8 Å². The lowest BCUT2D eigenvalue weighted by Crippen LogP contribution is -2.35. The summed E-state index contributed by atoms with van der Waals surface area (Å²) >= 11 is 2.01. The van der Waals surface area contributed by atoms with Crippen molar-refractivity contribution in [2.24, 2.45) is 23.2 Å². The van der Waals surface area contributed by atoms with E-state index in [9.17, 15) is 0 Å². The fraction of sp³-hybridized carbons (Fsp3) is 0.318. The van der Waals surface area contributed by atoms with Gasteiger partial charge < -0.3 is 4.90 Å². The third-order valence-electron chi connectivity index (χ3n) is 11.8. The highest BCUT2D eigenvalue weighted by molar-refractivity contribution is 7.26. The number of benzene rings is 3. The molecule has 0 N–H and O–H groups in total. The third kappa shape index (κ3) is 3.99. The molecule has 0 saturated carbocycles. The molecule has 46 heavy (non-hydrogen) atoms. The fourth-order valence-electron chi connectivity index (χ4n) is 9.83. The molecule has 4 atom stereocenters. The maximum absolute atomic E-state index is 2.58. The number of hydrogen-bond acceptors (Lipinski definition) is 2. The van der Waals surface area contributed by atoms with E-state index in [4.69, 9.17) is 0 Å². The van der Waals surface area contributed by atoms with Crippen LogP contribution in [0.1, 0.15) is 71.9 Å². The van der Waals surface area contributed by atoms with E-state index in [0.717, 1.165) is 6.42 Å². The van der Waals surface area contributed by atoms with E-state index in [2.05, 4.69) is 163 Å². The molecule has 0 fully saturated rings. The van der Waals surface area contributed by atoms with Crippen LogP contribution in [-0.4, -0.2) is 0 Å². The van der Waals surface area contributed by atoms with Crippen LogP contribution < -0.4 is 4.90 Å². The highest BCUT2D eigenvalue weighted by Gasteiger charge is 2.49. The number of para-hydroxylation sites is 1. The molecule has 1 nitrogen and oxygen atoms in total. The van der Waals surface area contributed by atoms with Gasteiger partial charge in [0.05, 0.1) is 10.4 Å². The van der Waals surface area contributed by atoms with Gasteiger partial charge in [-0.2, -0.15) is 0 Å². The number of anilines is 2. The normalized spacial score (nSPS) is 25.6. The summed E-state index contributed by atoms with van der Waals surface area (Å²) in [5, 5.41) is 2.76. The lowest BCUT2D eigenvalue weighted by molar-refractivity contribution is 0.259. The molecular weight excluding hydrogens is 575 g/mol. The van der Waals surface area contributed by atoms with Crippen molar-refractivity contribution >= 4 is 42.9 Å². The fourth-order valence-corrected chi connectivity index (χ4v) is 11.2. The van der Waals surface area contributed by atoms with Crippen LogP contribution >= 0.6 is 11.3 Å². The lowest BCUT2D eigenvalue weighted by atomic mass is 9.67. The smallest absolute Gasteiger partial charge is 0.0637 e. The molecule has 3 aromatic carbocycles. The summed E-state index contributed by atoms with van der Waals surface area (Å²) < 4.78 is 2.84. The molecule has 0 saturated heterocycles. The second kappa shape index (κ2) is 10.6. The van der Waals surface area contributed by atoms with Crippen LogP contribution in [0.4, 0.5) is 11.4 Å². The first-order valence-corrected chi connectivity index (χ1v) is 18.0. The number of rotatable bonds is 5. The average molecular weight is 620 g/mol. The molecule has 8 rings (SSSR count). The van der Waals surface area contributed by atoms with Gasteiger partial charge in [0, 0.05) is 44.6 Å².